The number of carbonyl (C=O) groups excluding carboxylic acids is 1. The van der Waals surface area contributed by atoms with Gasteiger partial charge < -0.3 is 25.0 Å². The molecule has 1 amide bonds. The van der Waals surface area contributed by atoms with E-state index in [-0.39, 0.29) is 26.1 Å². The highest BCUT2D eigenvalue weighted by atomic mass is 32.1. The summed E-state index contributed by atoms with van der Waals surface area (Å²) in [5.74, 6) is -1.98. The number of unbranched alkanes of at least 4 members (excludes halogenated alkanes) is 8. The first-order chi connectivity index (χ1) is 14.0. The number of hydrogen-bond donors (Lipinski definition) is 4. The van der Waals surface area contributed by atoms with E-state index in [0.29, 0.717) is 13.2 Å². The number of carboxylic acids is 2. The Hall–Kier alpha value is -1.32. The van der Waals surface area contributed by atoms with E-state index < -0.39 is 23.9 Å². The highest BCUT2D eigenvalue weighted by Crippen LogP contribution is 2.10. The van der Waals surface area contributed by atoms with Crippen LogP contribution in [-0.4, -0.2) is 66.3 Å². The molecule has 0 saturated carbocycles. The quantitative estimate of drug-likeness (QED) is 0.161. The number of aliphatic carboxylic acids is 2. The van der Waals surface area contributed by atoms with Crippen LogP contribution in [0.2, 0.25) is 0 Å². The zero-order chi connectivity index (χ0) is 21.7. The van der Waals surface area contributed by atoms with E-state index in [1.165, 1.54) is 44.9 Å². The van der Waals surface area contributed by atoms with Crippen molar-refractivity contribution in [2.45, 2.75) is 76.7 Å². The van der Waals surface area contributed by atoms with Crippen molar-refractivity contribution in [3.8, 4) is 0 Å². The zero-order valence-electron chi connectivity index (χ0n) is 17.3. The molecule has 3 N–H and O–H groups in total. The fraction of sp³-hybridized carbons (Fsp3) is 0.850. The van der Waals surface area contributed by atoms with Crippen molar-refractivity contribution in [2.75, 3.05) is 32.2 Å². The maximum Gasteiger partial charge on any atom is 0.326 e. The van der Waals surface area contributed by atoms with Crippen LogP contribution in [0, 0.1) is 0 Å². The van der Waals surface area contributed by atoms with E-state index in [4.69, 9.17) is 19.7 Å². The van der Waals surface area contributed by atoms with Crippen LogP contribution < -0.4 is 5.32 Å². The molecule has 0 bridgehead atoms. The molecule has 0 aliphatic heterocycles. The summed E-state index contributed by atoms with van der Waals surface area (Å²) in [5, 5.41) is 19.8. The Labute approximate surface area is 179 Å². The van der Waals surface area contributed by atoms with Gasteiger partial charge in [0.1, 0.15) is 12.6 Å². The molecule has 0 aromatic heterocycles. The van der Waals surface area contributed by atoms with Crippen molar-refractivity contribution >= 4 is 30.5 Å². The molecular formula is C20H37NO7S. The summed E-state index contributed by atoms with van der Waals surface area (Å²) in [7, 11) is 0. The Kier molecular flexibility index (Phi) is 19.1. The summed E-state index contributed by atoms with van der Waals surface area (Å²) < 4.78 is 10.6. The Bertz CT molecular complexity index is 449. The molecule has 0 aliphatic carbocycles. The van der Waals surface area contributed by atoms with E-state index in [0.717, 1.165) is 18.6 Å². The second kappa shape index (κ2) is 20.0. The maximum atomic E-state index is 11.6. The first kappa shape index (κ1) is 27.7. The van der Waals surface area contributed by atoms with Gasteiger partial charge in [-0.25, -0.2) is 4.79 Å². The van der Waals surface area contributed by atoms with Crippen molar-refractivity contribution in [2.24, 2.45) is 0 Å². The fourth-order valence-electron chi connectivity index (χ4n) is 2.70. The third-order valence-electron chi connectivity index (χ3n) is 4.33. The average Bonchev–Trinajstić information content (AvgIpc) is 2.67. The standard InChI is InChI=1S/C20H37NO7S/c22-18(21-17(20(25)26)10-11-19(23)24)16-28-14-13-27-12-8-6-4-2-1-3-5-7-9-15-29/h17,29H,1-16H2,(H,21,22)(H,23,24)(H,25,26)/t17-/m0/s1. The van der Waals surface area contributed by atoms with E-state index in [9.17, 15) is 14.4 Å². The third kappa shape index (κ3) is 19.8. The highest BCUT2D eigenvalue weighted by Gasteiger charge is 2.20. The van der Waals surface area contributed by atoms with Crippen molar-refractivity contribution in [1.29, 1.82) is 0 Å². The Morgan fingerprint density at radius 2 is 1.34 bits per heavy atom. The molecule has 0 heterocycles. The van der Waals surface area contributed by atoms with Gasteiger partial charge in [0.25, 0.3) is 0 Å². The maximum absolute atomic E-state index is 11.6. The summed E-state index contributed by atoms with van der Waals surface area (Å²) in [6.07, 6.45) is 10.5. The van der Waals surface area contributed by atoms with Crippen LogP contribution in [0.25, 0.3) is 0 Å². The molecular weight excluding hydrogens is 398 g/mol. The lowest BCUT2D eigenvalue weighted by Gasteiger charge is -2.13. The number of nitrogens with one attached hydrogen (secondary N) is 1. The third-order valence-corrected chi connectivity index (χ3v) is 4.65. The second-order valence-corrected chi connectivity index (χ2v) is 7.41. The van der Waals surface area contributed by atoms with Crippen molar-refractivity contribution in [3.63, 3.8) is 0 Å². The van der Waals surface area contributed by atoms with E-state index in [1.807, 2.05) is 0 Å². The first-order valence-electron chi connectivity index (χ1n) is 10.5. The van der Waals surface area contributed by atoms with Gasteiger partial charge in [-0.1, -0.05) is 44.9 Å². The topological polar surface area (TPSA) is 122 Å². The van der Waals surface area contributed by atoms with Crippen molar-refractivity contribution < 1.29 is 34.1 Å². The van der Waals surface area contributed by atoms with Crippen LogP contribution in [-0.2, 0) is 23.9 Å². The molecule has 0 rings (SSSR count). The van der Waals surface area contributed by atoms with Crippen LogP contribution in [0.5, 0.6) is 0 Å². The summed E-state index contributed by atoms with van der Waals surface area (Å²) in [6, 6.07) is -1.23. The zero-order valence-corrected chi connectivity index (χ0v) is 18.2. The molecule has 0 unspecified atom stereocenters. The Balaban J connectivity index is 3.45. The van der Waals surface area contributed by atoms with Gasteiger partial charge in [-0.15, -0.1) is 0 Å². The molecule has 0 spiro atoms. The Morgan fingerprint density at radius 3 is 1.90 bits per heavy atom. The molecule has 1 atom stereocenters. The summed E-state index contributed by atoms with van der Waals surface area (Å²) in [5.41, 5.74) is 0. The van der Waals surface area contributed by atoms with Crippen LogP contribution in [0.1, 0.15) is 70.6 Å². The van der Waals surface area contributed by atoms with Gasteiger partial charge in [0, 0.05) is 13.0 Å². The van der Waals surface area contributed by atoms with E-state index in [2.05, 4.69) is 17.9 Å². The van der Waals surface area contributed by atoms with Crippen LogP contribution in [0.4, 0.5) is 0 Å². The summed E-state index contributed by atoms with van der Waals surface area (Å²) in [6.45, 7) is 0.994. The number of rotatable bonds is 21. The second-order valence-electron chi connectivity index (χ2n) is 6.96. The van der Waals surface area contributed by atoms with Crippen LogP contribution >= 0.6 is 12.6 Å². The molecule has 0 aromatic carbocycles. The molecule has 8 nitrogen and oxygen atoms in total. The van der Waals surface area contributed by atoms with Crippen LogP contribution in [0.3, 0.4) is 0 Å². The fourth-order valence-corrected chi connectivity index (χ4v) is 2.92. The van der Waals surface area contributed by atoms with Gasteiger partial charge in [0.05, 0.1) is 13.2 Å². The van der Waals surface area contributed by atoms with Gasteiger partial charge in [-0.2, -0.15) is 12.6 Å². The van der Waals surface area contributed by atoms with Gasteiger partial charge in [-0.3, -0.25) is 9.59 Å². The van der Waals surface area contributed by atoms with Crippen molar-refractivity contribution in [1.82, 2.24) is 5.32 Å². The predicted molar refractivity (Wildman–Crippen MR) is 113 cm³/mol. The van der Waals surface area contributed by atoms with E-state index >= 15 is 0 Å². The minimum atomic E-state index is -1.27. The minimum Gasteiger partial charge on any atom is -0.481 e. The summed E-state index contributed by atoms with van der Waals surface area (Å²) >= 11 is 4.20. The summed E-state index contributed by atoms with van der Waals surface area (Å²) in [4.78, 5) is 33.1. The SMILES string of the molecule is O=C(O)CC[C@H](NC(=O)COCCOCCCCCCCCCCCS)C(=O)O. The number of carboxylic acid groups (broad SMARTS) is 2. The lowest BCUT2D eigenvalue weighted by molar-refractivity contribution is -0.143. The molecule has 0 fully saturated rings. The van der Waals surface area contributed by atoms with Gasteiger partial charge in [0.15, 0.2) is 0 Å². The molecule has 0 aromatic rings. The molecule has 29 heavy (non-hydrogen) atoms. The first-order valence-corrected chi connectivity index (χ1v) is 11.1. The van der Waals surface area contributed by atoms with E-state index in [1.54, 1.807) is 0 Å². The lowest BCUT2D eigenvalue weighted by atomic mass is 10.1. The number of thiol groups is 1. The van der Waals surface area contributed by atoms with Gasteiger partial charge in [-0.05, 0) is 25.0 Å². The number of hydrogen-bond acceptors (Lipinski definition) is 6. The number of ether oxygens (including phenoxy) is 2. The molecule has 170 valence electrons. The van der Waals surface area contributed by atoms with Gasteiger partial charge >= 0.3 is 11.9 Å². The molecule has 0 aliphatic rings. The molecule has 9 heteroatoms. The largest absolute Gasteiger partial charge is 0.481 e. The van der Waals surface area contributed by atoms with Crippen LogP contribution in [0.15, 0.2) is 0 Å². The monoisotopic (exact) mass is 435 g/mol. The number of amides is 1. The molecule has 0 radical (unpaired) electrons. The number of carbonyl (C=O) groups is 3. The smallest absolute Gasteiger partial charge is 0.326 e. The normalized spacial score (nSPS) is 11.9. The minimum absolute atomic E-state index is 0.171. The molecule has 0 saturated heterocycles. The van der Waals surface area contributed by atoms with Gasteiger partial charge in [0.2, 0.25) is 5.91 Å². The predicted octanol–water partition coefficient (Wildman–Crippen LogP) is 2.89. The van der Waals surface area contributed by atoms with Crippen molar-refractivity contribution in [3.05, 3.63) is 0 Å². The highest BCUT2D eigenvalue weighted by molar-refractivity contribution is 7.80. The Morgan fingerprint density at radius 1 is 0.793 bits per heavy atom. The lowest BCUT2D eigenvalue weighted by Crippen LogP contribution is -2.42. The average molecular weight is 436 g/mol.